The second-order valence-corrected chi connectivity index (χ2v) is 5.99. The van der Waals surface area contributed by atoms with E-state index in [1.807, 2.05) is 0 Å². The number of ether oxygens (including phenoxy) is 1. The van der Waals surface area contributed by atoms with Crippen LogP contribution in [0.1, 0.15) is 32.1 Å². The molecule has 2 aliphatic rings. The summed E-state index contributed by atoms with van der Waals surface area (Å²) in [5.74, 6) is -0.00159. The molecule has 0 unspecified atom stereocenters. The quantitative estimate of drug-likeness (QED) is 0.711. The van der Waals surface area contributed by atoms with Crippen molar-refractivity contribution in [1.29, 1.82) is 0 Å². The van der Waals surface area contributed by atoms with Crippen LogP contribution < -0.4 is 5.32 Å². The van der Waals surface area contributed by atoms with Crippen LogP contribution in [-0.4, -0.2) is 74.1 Å². The summed E-state index contributed by atoms with van der Waals surface area (Å²) in [5.41, 5.74) is 0. The van der Waals surface area contributed by atoms with Crippen molar-refractivity contribution >= 4 is 11.9 Å². The molecule has 120 valence electrons. The third-order valence-electron chi connectivity index (χ3n) is 4.41. The molecule has 6 nitrogen and oxygen atoms in total. The van der Waals surface area contributed by atoms with E-state index in [2.05, 4.69) is 19.9 Å². The molecule has 0 bridgehead atoms. The molecule has 21 heavy (non-hydrogen) atoms. The van der Waals surface area contributed by atoms with Gasteiger partial charge in [0.05, 0.1) is 20.1 Å². The number of nitrogens with zero attached hydrogens (tertiary/aromatic N) is 2. The lowest BCUT2D eigenvalue weighted by atomic mass is 10.2. The topological polar surface area (TPSA) is 61.9 Å². The molecule has 1 heterocycles. The first-order valence-corrected chi connectivity index (χ1v) is 7.98. The van der Waals surface area contributed by atoms with Gasteiger partial charge in [-0.1, -0.05) is 12.8 Å². The molecule has 0 aromatic heterocycles. The molecule has 0 aromatic carbocycles. The zero-order valence-corrected chi connectivity index (χ0v) is 13.0. The predicted molar refractivity (Wildman–Crippen MR) is 79.9 cm³/mol. The molecule has 1 saturated heterocycles. The van der Waals surface area contributed by atoms with Gasteiger partial charge in [0.2, 0.25) is 5.91 Å². The van der Waals surface area contributed by atoms with E-state index in [-0.39, 0.29) is 11.9 Å². The predicted octanol–water partition coefficient (Wildman–Crippen LogP) is 0.226. The number of hydrogen-bond acceptors (Lipinski definition) is 5. The number of esters is 1. The van der Waals surface area contributed by atoms with Gasteiger partial charge in [0.25, 0.3) is 0 Å². The summed E-state index contributed by atoms with van der Waals surface area (Å²) in [6, 6.07) is 0.402. The van der Waals surface area contributed by atoms with Crippen molar-refractivity contribution in [2.75, 3.05) is 46.4 Å². The van der Waals surface area contributed by atoms with Crippen LogP contribution in [0.3, 0.4) is 0 Å². The number of amides is 1. The highest BCUT2D eigenvalue weighted by Gasteiger charge is 2.21. The highest BCUT2D eigenvalue weighted by molar-refractivity contribution is 5.78. The molecule has 1 aliphatic heterocycles. The highest BCUT2D eigenvalue weighted by Crippen LogP contribution is 2.17. The van der Waals surface area contributed by atoms with Gasteiger partial charge in [-0.05, 0) is 12.8 Å². The Balaban J connectivity index is 1.59. The minimum absolute atomic E-state index is 0.157. The number of methoxy groups -OCH3 is 1. The molecule has 1 amide bonds. The molecular formula is C15H27N3O3. The third-order valence-corrected chi connectivity index (χ3v) is 4.41. The van der Waals surface area contributed by atoms with Crippen LogP contribution >= 0.6 is 0 Å². The monoisotopic (exact) mass is 297 g/mol. The summed E-state index contributed by atoms with van der Waals surface area (Å²) in [7, 11) is 1.42. The van der Waals surface area contributed by atoms with E-state index in [4.69, 9.17) is 0 Å². The van der Waals surface area contributed by atoms with Crippen LogP contribution in [0.4, 0.5) is 0 Å². The summed E-state index contributed by atoms with van der Waals surface area (Å²) in [6.07, 6.45) is 5.19. The number of nitrogens with one attached hydrogen (secondary N) is 1. The maximum atomic E-state index is 12.0. The van der Waals surface area contributed by atoms with Crippen LogP contribution in [-0.2, 0) is 14.3 Å². The Hall–Kier alpha value is -1.14. The minimum Gasteiger partial charge on any atom is -0.469 e. The van der Waals surface area contributed by atoms with Crippen molar-refractivity contribution in [3.63, 3.8) is 0 Å². The Morgan fingerprint density at radius 2 is 1.71 bits per heavy atom. The zero-order valence-electron chi connectivity index (χ0n) is 13.0. The van der Waals surface area contributed by atoms with Crippen LogP contribution in [0.5, 0.6) is 0 Å². The van der Waals surface area contributed by atoms with E-state index >= 15 is 0 Å². The SMILES string of the molecule is COC(=O)CCN1CCN(CC(=O)NC2CCCC2)CC1. The Labute approximate surface area is 126 Å². The molecule has 6 heteroatoms. The fourth-order valence-electron chi connectivity index (χ4n) is 3.07. The third kappa shape index (κ3) is 5.63. The highest BCUT2D eigenvalue weighted by atomic mass is 16.5. The van der Waals surface area contributed by atoms with Gasteiger partial charge in [0, 0.05) is 38.8 Å². The smallest absolute Gasteiger partial charge is 0.306 e. The number of carbonyl (C=O) groups is 2. The summed E-state index contributed by atoms with van der Waals surface area (Å²) in [6.45, 7) is 4.84. The first kappa shape index (κ1) is 16.2. The maximum absolute atomic E-state index is 12.0. The van der Waals surface area contributed by atoms with Crippen molar-refractivity contribution in [1.82, 2.24) is 15.1 Å². The zero-order chi connectivity index (χ0) is 15.1. The standard InChI is InChI=1S/C15H27N3O3/c1-21-15(20)6-7-17-8-10-18(11-9-17)12-14(19)16-13-4-2-3-5-13/h13H,2-12H2,1H3,(H,16,19). The maximum Gasteiger partial charge on any atom is 0.306 e. The van der Waals surface area contributed by atoms with E-state index in [1.54, 1.807) is 0 Å². The molecule has 2 rings (SSSR count). The summed E-state index contributed by atoms with van der Waals surface area (Å²) in [5, 5.41) is 3.13. The average molecular weight is 297 g/mol. The van der Waals surface area contributed by atoms with E-state index in [1.165, 1.54) is 20.0 Å². The second-order valence-electron chi connectivity index (χ2n) is 5.99. The first-order chi connectivity index (χ1) is 10.2. The van der Waals surface area contributed by atoms with Gasteiger partial charge >= 0.3 is 5.97 Å². The van der Waals surface area contributed by atoms with Crippen LogP contribution in [0.25, 0.3) is 0 Å². The molecule has 1 aliphatic carbocycles. The fraction of sp³-hybridized carbons (Fsp3) is 0.867. The van der Waals surface area contributed by atoms with Crippen molar-refractivity contribution in [3.05, 3.63) is 0 Å². The van der Waals surface area contributed by atoms with Gasteiger partial charge in [0.1, 0.15) is 0 Å². The number of hydrogen-bond donors (Lipinski definition) is 1. The molecule has 1 N–H and O–H groups in total. The van der Waals surface area contributed by atoms with Gasteiger partial charge in [-0.25, -0.2) is 0 Å². The molecule has 2 fully saturated rings. The van der Waals surface area contributed by atoms with Crippen molar-refractivity contribution in [2.45, 2.75) is 38.1 Å². The van der Waals surface area contributed by atoms with E-state index in [0.29, 0.717) is 19.0 Å². The Kier molecular flexibility index (Phi) is 6.45. The second kappa shape index (κ2) is 8.34. The van der Waals surface area contributed by atoms with Crippen LogP contribution in [0, 0.1) is 0 Å². The van der Waals surface area contributed by atoms with Gasteiger partial charge in [-0.2, -0.15) is 0 Å². The first-order valence-electron chi connectivity index (χ1n) is 7.98. The molecule has 0 aromatic rings. The lowest BCUT2D eigenvalue weighted by Crippen LogP contribution is -2.50. The van der Waals surface area contributed by atoms with Crippen LogP contribution in [0.2, 0.25) is 0 Å². The van der Waals surface area contributed by atoms with Gasteiger partial charge < -0.3 is 15.0 Å². The molecule has 0 atom stereocenters. The summed E-state index contributed by atoms with van der Waals surface area (Å²) >= 11 is 0. The molecular weight excluding hydrogens is 270 g/mol. The molecule has 1 saturated carbocycles. The van der Waals surface area contributed by atoms with Crippen molar-refractivity contribution in [2.24, 2.45) is 0 Å². The van der Waals surface area contributed by atoms with Crippen molar-refractivity contribution < 1.29 is 14.3 Å². The van der Waals surface area contributed by atoms with Gasteiger partial charge in [0.15, 0.2) is 0 Å². The Morgan fingerprint density at radius 1 is 1.10 bits per heavy atom. The number of rotatable bonds is 6. The van der Waals surface area contributed by atoms with Gasteiger partial charge in [-0.3, -0.25) is 14.5 Å². The molecule has 0 radical (unpaired) electrons. The van der Waals surface area contributed by atoms with E-state index in [9.17, 15) is 9.59 Å². The number of piperazine rings is 1. The Bertz CT molecular complexity index is 348. The normalized spacial score (nSPS) is 21.4. The summed E-state index contributed by atoms with van der Waals surface area (Å²) in [4.78, 5) is 27.5. The largest absolute Gasteiger partial charge is 0.469 e. The lowest BCUT2D eigenvalue weighted by molar-refractivity contribution is -0.141. The average Bonchev–Trinajstić information content (AvgIpc) is 2.99. The van der Waals surface area contributed by atoms with Crippen molar-refractivity contribution in [3.8, 4) is 0 Å². The molecule has 0 spiro atoms. The lowest BCUT2D eigenvalue weighted by Gasteiger charge is -2.34. The van der Waals surface area contributed by atoms with Gasteiger partial charge in [-0.15, -0.1) is 0 Å². The summed E-state index contributed by atoms with van der Waals surface area (Å²) < 4.78 is 4.65. The fourth-order valence-corrected chi connectivity index (χ4v) is 3.07. The number of carbonyl (C=O) groups excluding carboxylic acids is 2. The minimum atomic E-state index is -0.159. The Morgan fingerprint density at radius 3 is 2.33 bits per heavy atom. The van der Waals surface area contributed by atoms with E-state index in [0.717, 1.165) is 45.6 Å². The van der Waals surface area contributed by atoms with Crippen LogP contribution in [0.15, 0.2) is 0 Å². The van der Waals surface area contributed by atoms with E-state index < -0.39 is 0 Å².